The van der Waals surface area contributed by atoms with Gasteiger partial charge in [-0.15, -0.1) is 0 Å². The molecule has 0 radical (unpaired) electrons. The Morgan fingerprint density at radius 2 is 1.52 bits per heavy atom. The van der Waals surface area contributed by atoms with Gasteiger partial charge in [0.1, 0.15) is 0 Å². The summed E-state index contributed by atoms with van der Waals surface area (Å²) in [5.74, 6) is -0.600. The molecule has 0 spiro atoms. The summed E-state index contributed by atoms with van der Waals surface area (Å²) in [7, 11) is 2.58. The average Bonchev–Trinajstić information content (AvgIpc) is 3.17. The van der Waals surface area contributed by atoms with Crippen LogP contribution in [0, 0.1) is 0 Å². The lowest BCUT2D eigenvalue weighted by Crippen LogP contribution is -2.30. The highest BCUT2D eigenvalue weighted by Gasteiger charge is 2.38. The quantitative estimate of drug-likeness (QED) is 0.687. The Bertz CT molecular complexity index is 878. The van der Waals surface area contributed by atoms with Crippen LogP contribution >= 0.6 is 0 Å². The molecule has 1 fully saturated rings. The van der Waals surface area contributed by atoms with Crippen molar-refractivity contribution in [1.82, 2.24) is 4.90 Å². The summed E-state index contributed by atoms with van der Waals surface area (Å²) in [5.41, 5.74) is 1.20. The smallest absolute Gasteiger partial charge is 0.416 e. The molecule has 0 aromatic heterocycles. The van der Waals surface area contributed by atoms with Crippen molar-refractivity contribution in [3.63, 3.8) is 0 Å². The van der Waals surface area contributed by atoms with E-state index in [1.54, 1.807) is 29.2 Å². The lowest BCUT2D eigenvalue weighted by atomic mass is 9.93. The number of ether oxygens (including phenoxy) is 2. The fourth-order valence-electron chi connectivity index (χ4n) is 3.62. The van der Waals surface area contributed by atoms with Gasteiger partial charge in [0.2, 0.25) is 0 Å². The first-order chi connectivity index (χ1) is 13.7. The van der Waals surface area contributed by atoms with Gasteiger partial charge in [-0.05, 0) is 41.8 Å². The molecule has 1 amide bonds. The van der Waals surface area contributed by atoms with Gasteiger partial charge in [-0.1, -0.05) is 24.3 Å². The van der Waals surface area contributed by atoms with Gasteiger partial charge in [0.15, 0.2) is 0 Å². The Balaban J connectivity index is 1.85. The topological polar surface area (TPSA) is 55.8 Å². The molecule has 0 saturated carbocycles. The molecular weight excluding hydrogens is 387 g/mol. The van der Waals surface area contributed by atoms with Gasteiger partial charge in [0, 0.05) is 12.5 Å². The second-order valence-corrected chi connectivity index (χ2v) is 6.80. The van der Waals surface area contributed by atoms with Crippen molar-refractivity contribution >= 4 is 12.1 Å². The van der Waals surface area contributed by atoms with Gasteiger partial charge in [0.25, 0.3) is 0 Å². The number of hydrogen-bond donors (Lipinski definition) is 0. The first-order valence-corrected chi connectivity index (χ1v) is 8.94. The number of alkyl halides is 3. The molecule has 29 heavy (non-hydrogen) atoms. The van der Waals surface area contributed by atoms with Crippen LogP contribution in [-0.4, -0.2) is 37.7 Å². The maximum Gasteiger partial charge on any atom is 0.416 e. The van der Waals surface area contributed by atoms with Crippen LogP contribution < -0.4 is 0 Å². The van der Waals surface area contributed by atoms with Crippen LogP contribution in [0.4, 0.5) is 18.0 Å². The van der Waals surface area contributed by atoms with Crippen molar-refractivity contribution in [3.05, 3.63) is 70.8 Å². The van der Waals surface area contributed by atoms with Gasteiger partial charge >= 0.3 is 18.2 Å². The van der Waals surface area contributed by atoms with Crippen molar-refractivity contribution in [2.75, 3.05) is 20.8 Å². The molecule has 8 heteroatoms. The summed E-state index contributed by atoms with van der Waals surface area (Å²) >= 11 is 0. The van der Waals surface area contributed by atoms with E-state index in [2.05, 4.69) is 4.74 Å². The number of amides is 1. The zero-order valence-electron chi connectivity index (χ0n) is 15.9. The Morgan fingerprint density at radius 3 is 2.03 bits per heavy atom. The Morgan fingerprint density at radius 1 is 0.931 bits per heavy atom. The van der Waals surface area contributed by atoms with Crippen molar-refractivity contribution in [2.45, 2.75) is 24.6 Å². The normalized spacial score (nSPS) is 19.1. The Labute approximate surface area is 166 Å². The van der Waals surface area contributed by atoms with Gasteiger partial charge in [-0.25, -0.2) is 9.59 Å². The summed E-state index contributed by atoms with van der Waals surface area (Å²) in [5, 5.41) is 0. The molecule has 3 rings (SSSR count). The molecule has 1 heterocycles. The van der Waals surface area contributed by atoms with E-state index in [0.717, 1.165) is 23.3 Å². The maximum atomic E-state index is 12.8. The van der Waals surface area contributed by atoms with Crippen molar-refractivity contribution in [3.8, 4) is 0 Å². The van der Waals surface area contributed by atoms with E-state index in [0.29, 0.717) is 18.5 Å². The number of esters is 1. The minimum absolute atomic E-state index is 0.137. The third kappa shape index (κ3) is 4.36. The van der Waals surface area contributed by atoms with Crippen LogP contribution in [0.1, 0.15) is 45.4 Å². The number of nitrogens with zero attached hydrogens (tertiary/aromatic N) is 1. The monoisotopic (exact) mass is 407 g/mol. The average molecular weight is 407 g/mol. The molecule has 2 atom stereocenters. The van der Waals surface area contributed by atoms with E-state index < -0.39 is 23.8 Å². The minimum atomic E-state index is -4.39. The molecule has 2 aromatic rings. The van der Waals surface area contributed by atoms with E-state index in [1.807, 2.05) is 0 Å². The predicted molar refractivity (Wildman–Crippen MR) is 98.4 cm³/mol. The first kappa shape index (κ1) is 20.7. The summed E-state index contributed by atoms with van der Waals surface area (Å²) < 4.78 is 48.0. The number of carbonyl (C=O) groups excluding carboxylic acids is 2. The SMILES string of the molecule is COC(=O)c1ccc(C2CC(c3ccc(C(F)(F)F)cc3)CN2C(=O)OC)cc1. The number of rotatable bonds is 3. The fraction of sp³-hybridized carbons (Fsp3) is 0.333. The molecule has 1 aliphatic heterocycles. The second kappa shape index (κ2) is 8.14. The number of likely N-dealkylation sites (tertiary alicyclic amines) is 1. The summed E-state index contributed by atoms with van der Waals surface area (Å²) in [6.07, 6.45) is -4.38. The summed E-state index contributed by atoms with van der Waals surface area (Å²) in [6.45, 7) is 0.321. The molecule has 1 saturated heterocycles. The van der Waals surface area contributed by atoms with Crippen LogP contribution in [0.25, 0.3) is 0 Å². The molecule has 2 unspecified atom stereocenters. The van der Waals surface area contributed by atoms with Gasteiger partial charge in [-0.2, -0.15) is 13.2 Å². The molecule has 1 aliphatic rings. The number of hydrogen-bond acceptors (Lipinski definition) is 4. The highest BCUT2D eigenvalue weighted by Crippen LogP contribution is 2.41. The van der Waals surface area contributed by atoms with Crippen LogP contribution in [0.2, 0.25) is 0 Å². The third-order valence-corrected chi connectivity index (χ3v) is 5.14. The fourth-order valence-corrected chi connectivity index (χ4v) is 3.62. The van der Waals surface area contributed by atoms with E-state index in [4.69, 9.17) is 4.74 Å². The summed E-state index contributed by atoms with van der Waals surface area (Å²) in [4.78, 5) is 25.4. The van der Waals surface area contributed by atoms with Gasteiger partial charge in [-0.3, -0.25) is 0 Å². The number of carbonyl (C=O) groups is 2. The van der Waals surface area contributed by atoms with Gasteiger partial charge < -0.3 is 14.4 Å². The Hall–Kier alpha value is -3.03. The lowest BCUT2D eigenvalue weighted by molar-refractivity contribution is -0.137. The molecule has 2 aromatic carbocycles. The van der Waals surface area contributed by atoms with Crippen LogP contribution in [0.5, 0.6) is 0 Å². The molecule has 0 aliphatic carbocycles. The number of halogens is 3. The molecule has 0 N–H and O–H groups in total. The van der Waals surface area contributed by atoms with Gasteiger partial charge in [0.05, 0.1) is 31.4 Å². The predicted octanol–water partition coefficient (Wildman–Crippen LogP) is 4.79. The zero-order valence-corrected chi connectivity index (χ0v) is 15.9. The standard InChI is InChI=1S/C21H20F3NO4/c1-28-19(26)15-5-3-14(4-6-15)18-11-16(12-25(18)20(27)29-2)13-7-9-17(10-8-13)21(22,23)24/h3-10,16,18H,11-12H2,1-2H3. The number of methoxy groups -OCH3 is 2. The molecule has 5 nitrogen and oxygen atoms in total. The lowest BCUT2D eigenvalue weighted by Gasteiger charge is -2.23. The third-order valence-electron chi connectivity index (χ3n) is 5.14. The second-order valence-electron chi connectivity index (χ2n) is 6.80. The maximum absolute atomic E-state index is 12.8. The van der Waals surface area contributed by atoms with E-state index in [1.165, 1.54) is 26.4 Å². The van der Waals surface area contributed by atoms with E-state index in [-0.39, 0.29) is 12.0 Å². The van der Waals surface area contributed by atoms with Crippen LogP contribution in [0.3, 0.4) is 0 Å². The molecular formula is C21H20F3NO4. The number of benzene rings is 2. The minimum Gasteiger partial charge on any atom is -0.465 e. The van der Waals surface area contributed by atoms with Crippen molar-refractivity contribution < 1.29 is 32.2 Å². The first-order valence-electron chi connectivity index (χ1n) is 8.94. The largest absolute Gasteiger partial charge is 0.465 e. The van der Waals surface area contributed by atoms with E-state index in [9.17, 15) is 22.8 Å². The Kier molecular flexibility index (Phi) is 5.81. The van der Waals surface area contributed by atoms with Crippen LogP contribution in [0.15, 0.2) is 48.5 Å². The van der Waals surface area contributed by atoms with Crippen LogP contribution in [-0.2, 0) is 15.7 Å². The highest BCUT2D eigenvalue weighted by atomic mass is 19.4. The highest BCUT2D eigenvalue weighted by molar-refractivity contribution is 5.89. The van der Waals surface area contributed by atoms with E-state index >= 15 is 0 Å². The van der Waals surface area contributed by atoms with Crippen molar-refractivity contribution in [1.29, 1.82) is 0 Å². The molecule has 0 bridgehead atoms. The van der Waals surface area contributed by atoms with Crippen molar-refractivity contribution in [2.24, 2.45) is 0 Å². The zero-order chi connectivity index (χ0) is 21.2. The summed E-state index contributed by atoms with van der Waals surface area (Å²) in [6, 6.07) is 11.4. The molecule has 154 valence electrons.